The molecule has 0 unspecified atom stereocenters. The van der Waals surface area contributed by atoms with E-state index in [1.54, 1.807) is 11.8 Å². The molecule has 0 aliphatic carbocycles. The maximum absolute atomic E-state index is 12.3. The van der Waals surface area contributed by atoms with Crippen molar-refractivity contribution < 1.29 is 9.53 Å². The van der Waals surface area contributed by atoms with Gasteiger partial charge in [-0.15, -0.1) is 11.8 Å². The molecular weight excluding hydrogens is 284 g/mol. The second kappa shape index (κ2) is 7.18. The molecule has 0 bridgehead atoms. The Kier molecular flexibility index (Phi) is 5.53. The number of ether oxygens (including phenoxy) is 1. The maximum Gasteiger partial charge on any atom is 0.236 e. The molecule has 1 heterocycles. The van der Waals surface area contributed by atoms with Crippen molar-refractivity contribution in [3.63, 3.8) is 0 Å². The minimum atomic E-state index is 0.0312. The lowest BCUT2D eigenvalue weighted by Gasteiger charge is -2.25. The Morgan fingerprint density at radius 1 is 1.29 bits per heavy atom. The SMILES string of the molecule is CCOc1ccc([C@@H]2S[C@@H](C)C(=O)N2CCN(C)C)cc1. The highest BCUT2D eigenvalue weighted by molar-refractivity contribution is 8.01. The molecule has 1 aromatic carbocycles. The fraction of sp³-hybridized carbons (Fsp3) is 0.562. The molecule has 1 saturated heterocycles. The van der Waals surface area contributed by atoms with Gasteiger partial charge in [-0.05, 0) is 45.6 Å². The number of carbonyl (C=O) groups is 1. The summed E-state index contributed by atoms with van der Waals surface area (Å²) in [7, 11) is 4.06. The molecule has 2 rings (SSSR count). The first-order chi connectivity index (χ1) is 10.0. The number of amides is 1. The highest BCUT2D eigenvalue weighted by Gasteiger charge is 2.38. The highest BCUT2D eigenvalue weighted by atomic mass is 32.2. The fourth-order valence-electron chi connectivity index (χ4n) is 2.36. The summed E-state index contributed by atoms with van der Waals surface area (Å²) >= 11 is 1.72. The predicted molar refractivity (Wildman–Crippen MR) is 87.7 cm³/mol. The van der Waals surface area contributed by atoms with Crippen LogP contribution in [0.5, 0.6) is 5.75 Å². The third-order valence-electron chi connectivity index (χ3n) is 3.51. The first-order valence-electron chi connectivity index (χ1n) is 7.36. The maximum atomic E-state index is 12.3. The molecule has 1 aliphatic rings. The van der Waals surface area contributed by atoms with Gasteiger partial charge in [0.25, 0.3) is 0 Å². The molecule has 2 atom stereocenters. The topological polar surface area (TPSA) is 32.8 Å². The van der Waals surface area contributed by atoms with Crippen molar-refractivity contribution in [2.45, 2.75) is 24.5 Å². The van der Waals surface area contributed by atoms with Crippen molar-refractivity contribution in [2.24, 2.45) is 0 Å². The molecule has 4 nitrogen and oxygen atoms in total. The van der Waals surface area contributed by atoms with Gasteiger partial charge >= 0.3 is 0 Å². The summed E-state index contributed by atoms with van der Waals surface area (Å²) in [5.74, 6) is 1.11. The fourth-order valence-corrected chi connectivity index (χ4v) is 3.67. The molecule has 0 saturated carbocycles. The lowest BCUT2D eigenvalue weighted by atomic mass is 10.2. The second-order valence-corrected chi connectivity index (χ2v) is 6.89. The van der Waals surface area contributed by atoms with Crippen LogP contribution in [0.15, 0.2) is 24.3 Å². The van der Waals surface area contributed by atoms with Crippen LogP contribution in [-0.2, 0) is 4.79 Å². The molecule has 0 aromatic heterocycles. The largest absolute Gasteiger partial charge is 0.494 e. The average Bonchev–Trinajstić information content (AvgIpc) is 2.74. The van der Waals surface area contributed by atoms with Crippen LogP contribution in [0, 0.1) is 0 Å². The van der Waals surface area contributed by atoms with Crippen molar-refractivity contribution in [3.05, 3.63) is 29.8 Å². The van der Waals surface area contributed by atoms with Gasteiger partial charge in [-0.25, -0.2) is 0 Å². The van der Waals surface area contributed by atoms with Crippen molar-refractivity contribution in [1.29, 1.82) is 0 Å². The molecule has 0 spiro atoms. The van der Waals surface area contributed by atoms with Gasteiger partial charge in [0.15, 0.2) is 0 Å². The van der Waals surface area contributed by atoms with Crippen LogP contribution in [0.25, 0.3) is 0 Å². The quantitative estimate of drug-likeness (QED) is 0.809. The average molecular weight is 308 g/mol. The molecule has 1 amide bonds. The summed E-state index contributed by atoms with van der Waals surface area (Å²) in [6, 6.07) is 8.10. The number of thioether (sulfide) groups is 1. The summed E-state index contributed by atoms with van der Waals surface area (Å²) in [6.07, 6.45) is 0. The van der Waals surface area contributed by atoms with E-state index in [0.717, 1.165) is 18.8 Å². The Bertz CT molecular complexity index is 476. The molecule has 1 aromatic rings. The summed E-state index contributed by atoms with van der Waals surface area (Å²) in [4.78, 5) is 16.4. The Labute approximate surface area is 131 Å². The lowest BCUT2D eigenvalue weighted by Crippen LogP contribution is -2.36. The monoisotopic (exact) mass is 308 g/mol. The van der Waals surface area contributed by atoms with E-state index in [1.165, 1.54) is 5.56 Å². The van der Waals surface area contributed by atoms with Crippen LogP contribution < -0.4 is 4.74 Å². The Hall–Kier alpha value is -1.20. The van der Waals surface area contributed by atoms with Gasteiger partial charge in [-0.3, -0.25) is 4.79 Å². The molecule has 21 heavy (non-hydrogen) atoms. The lowest BCUT2D eigenvalue weighted by molar-refractivity contribution is -0.129. The van der Waals surface area contributed by atoms with Crippen LogP contribution in [-0.4, -0.2) is 54.7 Å². The van der Waals surface area contributed by atoms with E-state index in [-0.39, 0.29) is 16.5 Å². The smallest absolute Gasteiger partial charge is 0.236 e. The number of rotatable bonds is 6. The van der Waals surface area contributed by atoms with Crippen molar-refractivity contribution in [3.8, 4) is 5.75 Å². The highest BCUT2D eigenvalue weighted by Crippen LogP contribution is 2.42. The number of hydrogen-bond acceptors (Lipinski definition) is 4. The van der Waals surface area contributed by atoms with Crippen molar-refractivity contribution >= 4 is 17.7 Å². The molecule has 0 N–H and O–H groups in total. The van der Waals surface area contributed by atoms with Gasteiger partial charge in [-0.2, -0.15) is 0 Å². The molecule has 1 fully saturated rings. The van der Waals surface area contributed by atoms with E-state index < -0.39 is 0 Å². The molecular formula is C16H24N2O2S. The van der Waals surface area contributed by atoms with Crippen LogP contribution in [0.2, 0.25) is 0 Å². The zero-order valence-corrected chi connectivity index (χ0v) is 14.0. The van der Waals surface area contributed by atoms with Crippen LogP contribution in [0.1, 0.15) is 24.8 Å². The van der Waals surface area contributed by atoms with E-state index in [9.17, 15) is 4.79 Å². The molecule has 116 valence electrons. The number of benzene rings is 1. The van der Waals surface area contributed by atoms with E-state index in [0.29, 0.717) is 6.61 Å². The Morgan fingerprint density at radius 2 is 1.95 bits per heavy atom. The van der Waals surface area contributed by atoms with E-state index in [2.05, 4.69) is 17.0 Å². The predicted octanol–water partition coefficient (Wildman–Crippen LogP) is 2.61. The zero-order chi connectivity index (χ0) is 15.4. The number of hydrogen-bond donors (Lipinski definition) is 0. The first kappa shape index (κ1) is 16.2. The summed E-state index contributed by atoms with van der Waals surface area (Å²) in [5, 5.41) is 0.145. The van der Waals surface area contributed by atoms with Crippen molar-refractivity contribution in [2.75, 3.05) is 33.8 Å². The molecule has 0 radical (unpaired) electrons. The second-order valence-electron chi connectivity index (χ2n) is 5.47. The minimum absolute atomic E-state index is 0.0312. The Morgan fingerprint density at radius 3 is 2.52 bits per heavy atom. The van der Waals surface area contributed by atoms with Crippen LogP contribution >= 0.6 is 11.8 Å². The normalized spacial score (nSPS) is 22.1. The van der Waals surface area contributed by atoms with Gasteiger partial charge in [0, 0.05) is 13.1 Å². The standard InChI is InChI=1S/C16H24N2O2S/c1-5-20-14-8-6-13(7-9-14)16-18(11-10-17(3)4)15(19)12(2)21-16/h6-9,12,16H,5,10-11H2,1-4H3/t12-,16-/m0/s1. The van der Waals surface area contributed by atoms with Crippen LogP contribution in [0.3, 0.4) is 0 Å². The molecule has 5 heteroatoms. The first-order valence-corrected chi connectivity index (χ1v) is 8.30. The molecule has 1 aliphatic heterocycles. The van der Waals surface area contributed by atoms with Gasteiger partial charge in [0.1, 0.15) is 11.1 Å². The number of nitrogens with zero attached hydrogens (tertiary/aromatic N) is 2. The minimum Gasteiger partial charge on any atom is -0.494 e. The van der Waals surface area contributed by atoms with E-state index in [4.69, 9.17) is 4.74 Å². The third kappa shape index (κ3) is 3.92. The van der Waals surface area contributed by atoms with Crippen LogP contribution in [0.4, 0.5) is 0 Å². The van der Waals surface area contributed by atoms with E-state index in [1.807, 2.05) is 45.0 Å². The summed E-state index contributed by atoms with van der Waals surface area (Å²) < 4.78 is 5.48. The number of likely N-dealkylation sites (N-methyl/N-ethyl adjacent to an activating group) is 1. The van der Waals surface area contributed by atoms with Gasteiger partial charge in [0.2, 0.25) is 5.91 Å². The summed E-state index contributed by atoms with van der Waals surface area (Å²) in [5.41, 5.74) is 1.17. The van der Waals surface area contributed by atoms with Gasteiger partial charge < -0.3 is 14.5 Å². The zero-order valence-electron chi connectivity index (χ0n) is 13.2. The summed E-state index contributed by atoms with van der Waals surface area (Å²) in [6.45, 7) is 6.28. The van der Waals surface area contributed by atoms with Gasteiger partial charge in [0.05, 0.1) is 11.9 Å². The van der Waals surface area contributed by atoms with Crippen molar-refractivity contribution in [1.82, 2.24) is 9.80 Å². The van der Waals surface area contributed by atoms with Gasteiger partial charge in [-0.1, -0.05) is 12.1 Å². The Balaban J connectivity index is 2.13. The van der Waals surface area contributed by atoms with E-state index >= 15 is 0 Å². The third-order valence-corrected chi connectivity index (χ3v) is 4.91. The number of carbonyl (C=O) groups excluding carboxylic acids is 1.